The van der Waals surface area contributed by atoms with Crippen LogP contribution in [0, 0.1) is 14.9 Å². The fourth-order valence-corrected chi connectivity index (χ4v) is 1.49. The van der Waals surface area contributed by atoms with E-state index in [1.807, 2.05) is 18.2 Å². The number of rotatable bonds is 4. The normalized spacial score (nSPS) is 10.5. The van der Waals surface area contributed by atoms with Crippen molar-refractivity contribution in [3.63, 3.8) is 0 Å². The molecule has 0 atom stereocenters. The second-order valence-corrected chi connectivity index (χ2v) is 4.05. The Labute approximate surface area is 113 Å². The van der Waals surface area contributed by atoms with Gasteiger partial charge < -0.3 is 4.74 Å². The highest BCUT2D eigenvalue weighted by Gasteiger charge is 2.11. The number of nitrogens with one attached hydrogen (secondary N) is 1. The second kappa shape index (κ2) is 6.85. The average molecular weight is 343 g/mol. The minimum atomic E-state index is -0.728. The van der Waals surface area contributed by atoms with Gasteiger partial charge in [0.2, 0.25) is 5.71 Å². The lowest BCUT2D eigenvalue weighted by atomic mass is 10.3. The summed E-state index contributed by atoms with van der Waals surface area (Å²) in [7, 11) is 0. The lowest BCUT2D eigenvalue weighted by molar-refractivity contribution is -0.134. The summed E-state index contributed by atoms with van der Waals surface area (Å²) in [6.07, 6.45) is 0. The first-order valence-corrected chi connectivity index (χ1v) is 5.92. The number of hydrazone groups is 1. The quantitative estimate of drug-likeness (QED) is 0.393. The van der Waals surface area contributed by atoms with Crippen molar-refractivity contribution in [3.8, 4) is 6.07 Å². The first-order chi connectivity index (χ1) is 8.19. The number of anilines is 1. The fourth-order valence-electron chi connectivity index (χ4n) is 0.984. The number of hydrogen-bond acceptors (Lipinski definition) is 5. The summed E-state index contributed by atoms with van der Waals surface area (Å²) in [6, 6.07) is 9.08. The largest absolute Gasteiger partial charge is 0.461 e. The zero-order chi connectivity index (χ0) is 12.7. The van der Waals surface area contributed by atoms with Crippen LogP contribution in [0.15, 0.2) is 29.4 Å². The van der Waals surface area contributed by atoms with E-state index in [2.05, 4.69) is 37.9 Å². The molecule has 0 spiro atoms. The zero-order valence-corrected chi connectivity index (χ0v) is 11.3. The van der Waals surface area contributed by atoms with Gasteiger partial charge in [0.25, 0.3) is 0 Å². The van der Waals surface area contributed by atoms with Crippen LogP contribution in [0.2, 0.25) is 0 Å². The molecule has 0 radical (unpaired) electrons. The lowest BCUT2D eigenvalue weighted by Crippen LogP contribution is -2.17. The molecule has 0 heterocycles. The molecule has 0 aliphatic rings. The molecule has 0 saturated carbocycles. The van der Waals surface area contributed by atoms with Crippen LogP contribution in [0.3, 0.4) is 0 Å². The zero-order valence-electron chi connectivity index (χ0n) is 9.11. The van der Waals surface area contributed by atoms with Gasteiger partial charge in [-0.05, 0) is 41.6 Å². The third kappa shape index (κ3) is 4.03. The number of benzene rings is 1. The maximum atomic E-state index is 11.3. The Morgan fingerprint density at radius 2 is 2.29 bits per heavy atom. The topological polar surface area (TPSA) is 74.5 Å². The third-order valence-electron chi connectivity index (χ3n) is 1.74. The number of carbonyl (C=O) groups is 1. The molecule has 0 aromatic heterocycles. The highest BCUT2D eigenvalue weighted by atomic mass is 127. The summed E-state index contributed by atoms with van der Waals surface area (Å²) < 4.78 is 5.62. The number of hydrogen-bond donors (Lipinski definition) is 1. The SMILES string of the molecule is CCOC(=O)C(C#N)=NNc1ccccc1I. The molecule has 6 heteroatoms. The summed E-state index contributed by atoms with van der Waals surface area (Å²) >= 11 is 2.12. The first-order valence-electron chi connectivity index (χ1n) is 4.84. The van der Waals surface area contributed by atoms with Crippen LogP contribution in [0.1, 0.15) is 6.92 Å². The first kappa shape index (κ1) is 13.4. The molecule has 1 aromatic carbocycles. The number of nitrogens with zero attached hydrogens (tertiary/aromatic N) is 2. The maximum Gasteiger partial charge on any atom is 0.369 e. The van der Waals surface area contributed by atoms with Crippen molar-refractivity contribution in [1.29, 1.82) is 5.26 Å². The van der Waals surface area contributed by atoms with Crippen LogP contribution >= 0.6 is 22.6 Å². The van der Waals surface area contributed by atoms with Crippen molar-refractivity contribution in [2.24, 2.45) is 5.10 Å². The molecular formula is C11H10IN3O2. The Morgan fingerprint density at radius 3 is 2.88 bits per heavy atom. The van der Waals surface area contributed by atoms with Crippen LogP contribution < -0.4 is 5.43 Å². The molecular weight excluding hydrogens is 333 g/mol. The number of halogens is 1. The highest BCUT2D eigenvalue weighted by molar-refractivity contribution is 14.1. The van der Waals surface area contributed by atoms with Gasteiger partial charge in [-0.1, -0.05) is 12.1 Å². The number of ether oxygens (including phenoxy) is 1. The van der Waals surface area contributed by atoms with E-state index in [1.54, 1.807) is 19.1 Å². The number of nitriles is 1. The standard InChI is InChI=1S/C11H10IN3O2/c1-2-17-11(16)10(7-13)15-14-9-6-4-3-5-8(9)12/h3-6,14H,2H2,1H3. The van der Waals surface area contributed by atoms with Gasteiger partial charge in [-0.2, -0.15) is 10.4 Å². The van der Waals surface area contributed by atoms with Gasteiger partial charge in [0.1, 0.15) is 6.07 Å². The molecule has 0 unspecified atom stereocenters. The predicted octanol–water partition coefficient (Wildman–Crippen LogP) is 2.15. The summed E-state index contributed by atoms with van der Waals surface area (Å²) in [6.45, 7) is 1.88. The Morgan fingerprint density at radius 1 is 1.59 bits per heavy atom. The predicted molar refractivity (Wildman–Crippen MR) is 72.5 cm³/mol. The molecule has 17 heavy (non-hydrogen) atoms. The summed E-state index contributed by atoms with van der Waals surface area (Å²) in [5.74, 6) is -0.728. The van der Waals surface area contributed by atoms with Crippen LogP contribution in [0.4, 0.5) is 5.69 Å². The molecule has 0 fully saturated rings. The van der Waals surface area contributed by atoms with Gasteiger partial charge >= 0.3 is 5.97 Å². The monoisotopic (exact) mass is 343 g/mol. The van der Waals surface area contributed by atoms with Crippen molar-refractivity contribution in [1.82, 2.24) is 0 Å². The molecule has 1 aromatic rings. The van der Waals surface area contributed by atoms with Gasteiger partial charge in [0, 0.05) is 3.57 Å². The molecule has 1 N–H and O–H groups in total. The third-order valence-corrected chi connectivity index (χ3v) is 2.68. The van der Waals surface area contributed by atoms with Gasteiger partial charge in [-0.15, -0.1) is 0 Å². The second-order valence-electron chi connectivity index (χ2n) is 2.88. The molecule has 5 nitrogen and oxygen atoms in total. The summed E-state index contributed by atoms with van der Waals surface area (Å²) in [4.78, 5) is 11.3. The van der Waals surface area contributed by atoms with Crippen molar-refractivity contribution in [2.75, 3.05) is 12.0 Å². The molecule has 0 aliphatic heterocycles. The number of esters is 1. The van der Waals surface area contributed by atoms with E-state index < -0.39 is 5.97 Å². The van der Waals surface area contributed by atoms with Crippen LogP contribution in [-0.2, 0) is 9.53 Å². The Bertz CT molecular complexity index is 480. The minimum Gasteiger partial charge on any atom is -0.461 e. The minimum absolute atomic E-state index is 0.211. The number of carbonyl (C=O) groups excluding carboxylic acids is 1. The molecule has 0 bridgehead atoms. The van der Waals surface area contributed by atoms with E-state index in [0.29, 0.717) is 0 Å². The van der Waals surface area contributed by atoms with E-state index in [4.69, 9.17) is 5.26 Å². The maximum absolute atomic E-state index is 11.3. The fraction of sp³-hybridized carbons (Fsp3) is 0.182. The van der Waals surface area contributed by atoms with Crippen molar-refractivity contribution < 1.29 is 9.53 Å². The lowest BCUT2D eigenvalue weighted by Gasteiger charge is -2.03. The Balaban J connectivity index is 2.79. The van der Waals surface area contributed by atoms with Gasteiger partial charge in [-0.25, -0.2) is 4.79 Å². The van der Waals surface area contributed by atoms with E-state index in [1.165, 1.54) is 0 Å². The average Bonchev–Trinajstić information content (AvgIpc) is 2.32. The molecule has 88 valence electrons. The summed E-state index contributed by atoms with van der Waals surface area (Å²) in [5, 5.41) is 12.5. The Hall–Kier alpha value is -1.62. The molecule has 0 amide bonds. The van der Waals surface area contributed by atoms with E-state index in [-0.39, 0.29) is 12.3 Å². The number of para-hydroxylation sites is 1. The molecule has 0 saturated heterocycles. The van der Waals surface area contributed by atoms with Crippen LogP contribution in [0.25, 0.3) is 0 Å². The van der Waals surface area contributed by atoms with Crippen LogP contribution in [0.5, 0.6) is 0 Å². The smallest absolute Gasteiger partial charge is 0.369 e. The van der Waals surface area contributed by atoms with E-state index >= 15 is 0 Å². The summed E-state index contributed by atoms with van der Waals surface area (Å²) in [5.41, 5.74) is 3.09. The highest BCUT2D eigenvalue weighted by Crippen LogP contribution is 2.16. The van der Waals surface area contributed by atoms with Gasteiger partial charge in [0.15, 0.2) is 0 Å². The Kier molecular flexibility index (Phi) is 5.42. The van der Waals surface area contributed by atoms with Crippen molar-refractivity contribution in [2.45, 2.75) is 6.92 Å². The van der Waals surface area contributed by atoms with Crippen molar-refractivity contribution >= 4 is 40.0 Å². The molecule has 1 rings (SSSR count). The van der Waals surface area contributed by atoms with E-state index in [9.17, 15) is 4.79 Å². The van der Waals surface area contributed by atoms with Crippen molar-refractivity contribution in [3.05, 3.63) is 27.8 Å². The molecule has 0 aliphatic carbocycles. The van der Waals surface area contributed by atoms with Crippen LogP contribution in [-0.4, -0.2) is 18.3 Å². The van der Waals surface area contributed by atoms with E-state index in [0.717, 1.165) is 9.26 Å². The van der Waals surface area contributed by atoms with Gasteiger partial charge in [-0.3, -0.25) is 5.43 Å². The van der Waals surface area contributed by atoms with Gasteiger partial charge in [0.05, 0.1) is 12.3 Å².